The van der Waals surface area contributed by atoms with Crippen molar-refractivity contribution in [2.24, 2.45) is 5.73 Å². The average molecular weight is 616 g/mol. The molecule has 43 heavy (non-hydrogen) atoms. The zero-order valence-corrected chi connectivity index (χ0v) is 24.8. The van der Waals surface area contributed by atoms with Crippen LogP contribution in [0.15, 0.2) is 0 Å². The van der Waals surface area contributed by atoms with Gasteiger partial charge in [-0.1, -0.05) is 0 Å². The number of amides is 8. The second-order valence-corrected chi connectivity index (χ2v) is 9.54. The van der Waals surface area contributed by atoms with E-state index in [0.29, 0.717) is 0 Å². The van der Waals surface area contributed by atoms with E-state index in [1.807, 2.05) is 0 Å². The van der Waals surface area contributed by atoms with Crippen LogP contribution in [0.4, 0.5) is 0 Å². The van der Waals surface area contributed by atoms with E-state index in [9.17, 15) is 43.2 Å². The third kappa shape index (κ3) is 15.1. The number of carbonyl (C=O) groups excluding carboxylic acids is 8. The smallest absolute Gasteiger partial charge is 0.325 e. The molecule has 0 aliphatic heterocycles. The first-order valence-electron chi connectivity index (χ1n) is 13.2. The van der Waals surface area contributed by atoms with E-state index >= 15 is 0 Å². The highest BCUT2D eigenvalue weighted by molar-refractivity contribution is 5.96. The fourth-order valence-corrected chi connectivity index (χ4v) is 2.93. The minimum Gasteiger partial charge on any atom is -0.480 e. The first kappa shape index (κ1) is 38.2. The molecule has 0 aromatic rings. The summed E-state index contributed by atoms with van der Waals surface area (Å²) in [7, 11) is 0. The summed E-state index contributed by atoms with van der Waals surface area (Å²) in [5, 5.41) is 27.2. The highest BCUT2D eigenvalue weighted by Gasteiger charge is 2.24. The largest absolute Gasteiger partial charge is 0.480 e. The van der Waals surface area contributed by atoms with Crippen molar-refractivity contribution < 1.29 is 48.3 Å². The molecule has 19 nitrogen and oxygen atoms in total. The van der Waals surface area contributed by atoms with E-state index in [1.54, 1.807) is 0 Å². The van der Waals surface area contributed by atoms with Crippen LogP contribution < -0.4 is 48.3 Å². The summed E-state index contributed by atoms with van der Waals surface area (Å²) in [5.74, 6) is -6.92. The van der Waals surface area contributed by atoms with Crippen LogP contribution in [-0.2, 0) is 43.2 Å². The van der Waals surface area contributed by atoms with Gasteiger partial charge in [-0.05, 0) is 41.5 Å². The summed E-state index contributed by atoms with van der Waals surface area (Å²) in [4.78, 5) is 107. The summed E-state index contributed by atoms with van der Waals surface area (Å²) in [6.45, 7) is 6.57. The SMILES string of the molecule is CC(NC(=O)C(C)NC(=O)CNC(=O)C(C)NC(=O)C(C)NC(=O)CNC(=O)C(C)NC(=O)C(C)NC(=O)CN)C(=O)O. The van der Waals surface area contributed by atoms with E-state index in [-0.39, 0.29) is 6.54 Å². The molecule has 19 heteroatoms. The van der Waals surface area contributed by atoms with Crippen molar-refractivity contribution >= 4 is 53.2 Å². The van der Waals surface area contributed by atoms with Crippen molar-refractivity contribution in [1.29, 1.82) is 0 Å². The van der Waals surface area contributed by atoms with E-state index in [1.165, 1.54) is 41.5 Å². The monoisotopic (exact) mass is 615 g/mol. The van der Waals surface area contributed by atoms with Gasteiger partial charge in [-0.3, -0.25) is 43.2 Å². The maximum absolute atomic E-state index is 12.4. The number of hydrogen-bond donors (Lipinski definition) is 10. The lowest BCUT2D eigenvalue weighted by molar-refractivity contribution is -0.141. The van der Waals surface area contributed by atoms with Crippen LogP contribution in [0.3, 0.4) is 0 Å². The Morgan fingerprint density at radius 1 is 0.465 bits per heavy atom. The molecular formula is C24H41N9O10. The predicted octanol–water partition coefficient (Wildman–Crippen LogP) is -5.71. The molecule has 6 unspecified atom stereocenters. The fourth-order valence-electron chi connectivity index (χ4n) is 2.93. The molecule has 0 fully saturated rings. The maximum atomic E-state index is 12.4. The van der Waals surface area contributed by atoms with E-state index < -0.39 is 103 Å². The molecule has 0 aromatic carbocycles. The Balaban J connectivity index is 4.53. The standard InChI is InChI=1S/C24H41N9O10/c1-10(31-21(39)12(3)28-16(34)7-25)19(37)26-8-17(35)29-13(4)22(40)32-11(2)20(38)27-9-18(36)30-14(5)23(41)33-15(6)24(42)43/h10-15H,7-9,25H2,1-6H3,(H,26,37)(H,27,38)(H,28,34)(H,29,35)(H,30,36)(H,31,39)(H,32,40)(H,33,41)(H,42,43). The van der Waals surface area contributed by atoms with Crippen LogP contribution >= 0.6 is 0 Å². The van der Waals surface area contributed by atoms with Gasteiger partial charge in [0.15, 0.2) is 0 Å². The molecule has 11 N–H and O–H groups in total. The van der Waals surface area contributed by atoms with Gasteiger partial charge >= 0.3 is 5.97 Å². The number of nitrogens with one attached hydrogen (secondary N) is 8. The van der Waals surface area contributed by atoms with Gasteiger partial charge in [-0.2, -0.15) is 0 Å². The Bertz CT molecular complexity index is 1080. The Kier molecular flexibility index (Phi) is 16.5. The van der Waals surface area contributed by atoms with Crippen molar-refractivity contribution in [2.45, 2.75) is 77.8 Å². The zero-order chi connectivity index (χ0) is 33.4. The third-order valence-corrected chi connectivity index (χ3v) is 5.58. The number of aliphatic carboxylic acids is 1. The predicted molar refractivity (Wildman–Crippen MR) is 148 cm³/mol. The number of carbonyl (C=O) groups is 9. The quantitative estimate of drug-likeness (QED) is 0.0735. The van der Waals surface area contributed by atoms with Gasteiger partial charge in [-0.15, -0.1) is 0 Å². The number of carboxylic acids is 1. The van der Waals surface area contributed by atoms with E-state index in [0.717, 1.165) is 0 Å². The van der Waals surface area contributed by atoms with Gasteiger partial charge < -0.3 is 53.4 Å². The minimum atomic E-state index is -1.26. The fraction of sp³-hybridized carbons (Fsp3) is 0.625. The zero-order valence-electron chi connectivity index (χ0n) is 24.8. The number of hydrogen-bond acceptors (Lipinski definition) is 10. The van der Waals surface area contributed by atoms with Crippen molar-refractivity contribution in [3.8, 4) is 0 Å². The van der Waals surface area contributed by atoms with E-state index in [4.69, 9.17) is 10.8 Å². The Labute approximate surface area is 247 Å². The molecule has 0 bridgehead atoms. The summed E-state index contributed by atoms with van der Waals surface area (Å²) in [6.07, 6.45) is 0. The Hall–Kier alpha value is -4.81. The molecule has 0 saturated carbocycles. The molecule has 0 radical (unpaired) electrons. The summed E-state index contributed by atoms with van der Waals surface area (Å²) < 4.78 is 0. The van der Waals surface area contributed by atoms with Crippen LogP contribution in [0, 0.1) is 0 Å². The minimum absolute atomic E-state index is 0.314. The number of rotatable bonds is 17. The van der Waals surface area contributed by atoms with Gasteiger partial charge in [0.05, 0.1) is 19.6 Å². The molecular weight excluding hydrogens is 574 g/mol. The molecule has 0 heterocycles. The van der Waals surface area contributed by atoms with Gasteiger partial charge in [0.1, 0.15) is 36.3 Å². The van der Waals surface area contributed by atoms with E-state index in [2.05, 4.69) is 42.5 Å². The first-order chi connectivity index (χ1) is 19.9. The molecule has 242 valence electrons. The Morgan fingerprint density at radius 3 is 1.05 bits per heavy atom. The first-order valence-corrected chi connectivity index (χ1v) is 13.2. The van der Waals surface area contributed by atoms with Crippen LogP contribution in [0.2, 0.25) is 0 Å². The molecule has 8 amide bonds. The molecule has 6 atom stereocenters. The molecule has 0 aliphatic rings. The second kappa shape index (κ2) is 18.6. The lowest BCUT2D eigenvalue weighted by Crippen LogP contribution is -2.55. The van der Waals surface area contributed by atoms with Gasteiger partial charge in [-0.25, -0.2) is 0 Å². The van der Waals surface area contributed by atoms with Crippen LogP contribution in [-0.4, -0.2) is 114 Å². The molecule has 0 spiro atoms. The summed E-state index contributed by atoms with van der Waals surface area (Å²) in [6, 6.07) is -6.51. The molecule has 0 saturated heterocycles. The normalized spacial score (nSPS) is 14.6. The summed E-state index contributed by atoms with van der Waals surface area (Å²) >= 11 is 0. The topological polar surface area (TPSA) is 296 Å². The van der Waals surface area contributed by atoms with Crippen molar-refractivity contribution in [2.75, 3.05) is 19.6 Å². The molecule has 0 rings (SSSR count). The van der Waals surface area contributed by atoms with Crippen LogP contribution in [0.25, 0.3) is 0 Å². The van der Waals surface area contributed by atoms with Gasteiger partial charge in [0.25, 0.3) is 0 Å². The maximum Gasteiger partial charge on any atom is 0.325 e. The van der Waals surface area contributed by atoms with Crippen LogP contribution in [0.1, 0.15) is 41.5 Å². The highest BCUT2D eigenvalue weighted by Crippen LogP contribution is 1.91. The van der Waals surface area contributed by atoms with Gasteiger partial charge in [0.2, 0.25) is 47.3 Å². The second-order valence-electron chi connectivity index (χ2n) is 9.54. The number of nitrogens with two attached hydrogens (primary N) is 1. The van der Waals surface area contributed by atoms with Crippen molar-refractivity contribution in [1.82, 2.24) is 42.5 Å². The van der Waals surface area contributed by atoms with Crippen LogP contribution in [0.5, 0.6) is 0 Å². The van der Waals surface area contributed by atoms with Gasteiger partial charge in [0, 0.05) is 0 Å². The molecule has 0 aliphatic carbocycles. The summed E-state index contributed by atoms with van der Waals surface area (Å²) in [5.41, 5.74) is 5.16. The van der Waals surface area contributed by atoms with Crippen molar-refractivity contribution in [3.05, 3.63) is 0 Å². The van der Waals surface area contributed by atoms with Crippen molar-refractivity contribution in [3.63, 3.8) is 0 Å². The lowest BCUT2D eigenvalue weighted by Gasteiger charge is -2.20. The highest BCUT2D eigenvalue weighted by atomic mass is 16.4. The average Bonchev–Trinajstić information content (AvgIpc) is 2.93. The molecule has 0 aromatic heterocycles. The lowest BCUT2D eigenvalue weighted by atomic mass is 10.2. The number of carboxylic acid groups (broad SMARTS) is 1. The third-order valence-electron chi connectivity index (χ3n) is 5.58. The Morgan fingerprint density at radius 2 is 0.744 bits per heavy atom.